The molecule has 6 nitrogen and oxygen atoms in total. The fourth-order valence-corrected chi connectivity index (χ4v) is 3.25. The Labute approximate surface area is 166 Å². The Bertz CT molecular complexity index is 980. The number of aromatic nitrogens is 3. The highest BCUT2D eigenvalue weighted by molar-refractivity contribution is 5.78. The second-order valence-electron chi connectivity index (χ2n) is 7.14. The summed E-state index contributed by atoms with van der Waals surface area (Å²) in [5, 5.41) is 0. The lowest BCUT2D eigenvalue weighted by atomic mass is 10.1. The number of carbonyl (C=O) groups excluding carboxylic acids is 1. The predicted molar refractivity (Wildman–Crippen MR) is 110 cm³/mol. The Morgan fingerprint density at radius 3 is 2.79 bits per heavy atom. The van der Waals surface area contributed by atoms with Crippen molar-refractivity contribution in [3.63, 3.8) is 0 Å². The minimum Gasteiger partial charge on any atom is -0.483 e. The second kappa shape index (κ2) is 8.42. The molecular formula is C22H28N4O2. The molecule has 28 heavy (non-hydrogen) atoms. The van der Waals surface area contributed by atoms with E-state index in [9.17, 15) is 4.79 Å². The van der Waals surface area contributed by atoms with Gasteiger partial charge in [-0.2, -0.15) is 0 Å². The van der Waals surface area contributed by atoms with Gasteiger partial charge in [0.05, 0.1) is 6.04 Å². The highest BCUT2D eigenvalue weighted by atomic mass is 16.5. The molecule has 1 unspecified atom stereocenters. The molecule has 2 aromatic heterocycles. The topological polar surface area (TPSA) is 60.2 Å². The zero-order valence-corrected chi connectivity index (χ0v) is 17.3. The van der Waals surface area contributed by atoms with Crippen molar-refractivity contribution in [1.82, 2.24) is 19.4 Å². The molecule has 6 heteroatoms. The number of imidazole rings is 1. The number of rotatable bonds is 7. The Balaban J connectivity index is 1.77. The van der Waals surface area contributed by atoms with Crippen molar-refractivity contribution in [1.29, 1.82) is 0 Å². The van der Waals surface area contributed by atoms with E-state index in [1.54, 1.807) is 18.1 Å². The average Bonchev–Trinajstić information content (AvgIpc) is 3.06. The van der Waals surface area contributed by atoms with Crippen molar-refractivity contribution in [2.45, 2.75) is 46.7 Å². The minimum absolute atomic E-state index is 0.00259. The lowest BCUT2D eigenvalue weighted by Gasteiger charge is -2.25. The molecule has 0 radical (unpaired) electrons. The minimum atomic E-state index is -0.185. The van der Waals surface area contributed by atoms with Crippen LogP contribution in [0.15, 0.2) is 36.5 Å². The summed E-state index contributed by atoms with van der Waals surface area (Å²) in [5.41, 5.74) is 3.92. The van der Waals surface area contributed by atoms with E-state index in [2.05, 4.69) is 16.5 Å². The van der Waals surface area contributed by atoms with Crippen LogP contribution < -0.4 is 4.74 Å². The molecule has 0 saturated heterocycles. The summed E-state index contributed by atoms with van der Waals surface area (Å²) in [6.07, 6.45) is 2.74. The van der Waals surface area contributed by atoms with Gasteiger partial charge in [0, 0.05) is 19.8 Å². The number of nitrogens with zero attached hydrogens (tertiary/aromatic N) is 4. The smallest absolute Gasteiger partial charge is 0.260 e. The monoisotopic (exact) mass is 380 g/mol. The summed E-state index contributed by atoms with van der Waals surface area (Å²) in [6, 6.07) is 9.52. The number of carbonyl (C=O) groups is 1. The summed E-state index contributed by atoms with van der Waals surface area (Å²) >= 11 is 0. The third-order valence-corrected chi connectivity index (χ3v) is 5.23. The Hall–Kier alpha value is -2.89. The van der Waals surface area contributed by atoms with E-state index < -0.39 is 0 Å². The molecule has 0 spiro atoms. The predicted octanol–water partition coefficient (Wildman–Crippen LogP) is 4.06. The molecule has 0 N–H and O–H groups in total. The van der Waals surface area contributed by atoms with Gasteiger partial charge in [0.1, 0.15) is 17.1 Å². The van der Waals surface area contributed by atoms with Crippen LogP contribution in [0.1, 0.15) is 43.3 Å². The van der Waals surface area contributed by atoms with Gasteiger partial charge in [-0.05, 0) is 56.5 Å². The van der Waals surface area contributed by atoms with Gasteiger partial charge < -0.3 is 14.2 Å². The average molecular weight is 380 g/mol. The van der Waals surface area contributed by atoms with Gasteiger partial charge in [-0.1, -0.05) is 19.1 Å². The number of benzene rings is 1. The molecule has 1 amide bonds. The van der Waals surface area contributed by atoms with Crippen LogP contribution in [0, 0.1) is 13.8 Å². The van der Waals surface area contributed by atoms with E-state index in [0.717, 1.165) is 46.8 Å². The number of pyridine rings is 1. The third-order valence-electron chi connectivity index (χ3n) is 5.23. The van der Waals surface area contributed by atoms with E-state index in [4.69, 9.17) is 9.72 Å². The first-order valence-electron chi connectivity index (χ1n) is 9.69. The van der Waals surface area contributed by atoms with E-state index in [-0.39, 0.29) is 18.6 Å². The first-order valence-corrected chi connectivity index (χ1v) is 9.69. The normalized spacial score (nSPS) is 12.2. The SMILES string of the molecule is CCCn1c(C(C)N(C)C(=O)COc2cccc(C)c2C)nc2cccnc21. The van der Waals surface area contributed by atoms with Gasteiger partial charge in [-0.15, -0.1) is 0 Å². The van der Waals surface area contributed by atoms with Gasteiger partial charge in [0.15, 0.2) is 12.3 Å². The molecule has 2 heterocycles. The molecule has 3 rings (SSSR count). The van der Waals surface area contributed by atoms with Crippen molar-refractivity contribution < 1.29 is 9.53 Å². The highest BCUT2D eigenvalue weighted by Gasteiger charge is 2.24. The van der Waals surface area contributed by atoms with E-state index in [0.29, 0.717) is 0 Å². The van der Waals surface area contributed by atoms with Gasteiger partial charge >= 0.3 is 0 Å². The molecular weight excluding hydrogens is 352 g/mol. The van der Waals surface area contributed by atoms with Crippen LogP contribution in [0.5, 0.6) is 5.75 Å². The number of likely N-dealkylation sites (N-methyl/N-ethyl adjacent to an activating group) is 1. The van der Waals surface area contributed by atoms with Crippen LogP contribution in [-0.2, 0) is 11.3 Å². The van der Waals surface area contributed by atoms with E-state index in [1.165, 1.54) is 0 Å². The lowest BCUT2D eigenvalue weighted by molar-refractivity contribution is -0.134. The Morgan fingerprint density at radius 2 is 2.04 bits per heavy atom. The maximum atomic E-state index is 12.8. The zero-order valence-electron chi connectivity index (χ0n) is 17.3. The van der Waals surface area contributed by atoms with Crippen molar-refractivity contribution >= 4 is 17.1 Å². The summed E-state index contributed by atoms with van der Waals surface area (Å²) in [4.78, 5) is 23.7. The maximum Gasteiger partial charge on any atom is 0.260 e. The van der Waals surface area contributed by atoms with Crippen LogP contribution in [0.3, 0.4) is 0 Å². The molecule has 0 bridgehead atoms. The van der Waals surface area contributed by atoms with Gasteiger partial charge in [-0.25, -0.2) is 9.97 Å². The number of aryl methyl sites for hydroxylation is 2. The standard InChI is InChI=1S/C22H28N4O2/c1-6-13-26-21(24-18-10-8-12-23-22(18)26)17(4)25(5)20(27)14-28-19-11-7-9-15(2)16(19)3/h7-12,17H,6,13-14H2,1-5H3. The van der Waals surface area contributed by atoms with Gasteiger partial charge in [0.2, 0.25) is 0 Å². The Morgan fingerprint density at radius 1 is 1.25 bits per heavy atom. The largest absolute Gasteiger partial charge is 0.483 e. The van der Waals surface area contributed by atoms with Crippen LogP contribution >= 0.6 is 0 Å². The summed E-state index contributed by atoms with van der Waals surface area (Å²) in [6.45, 7) is 8.96. The summed E-state index contributed by atoms with van der Waals surface area (Å²) in [5.74, 6) is 1.51. The zero-order chi connectivity index (χ0) is 20.3. The van der Waals surface area contributed by atoms with Gasteiger partial charge in [-0.3, -0.25) is 4.79 Å². The van der Waals surface area contributed by atoms with Gasteiger partial charge in [0.25, 0.3) is 5.91 Å². The van der Waals surface area contributed by atoms with Crippen LogP contribution in [0.4, 0.5) is 0 Å². The third kappa shape index (κ3) is 3.86. The first kappa shape index (κ1) is 19.9. The quantitative estimate of drug-likeness (QED) is 0.620. The number of hydrogen-bond donors (Lipinski definition) is 0. The van der Waals surface area contributed by atoms with E-state index in [1.807, 2.05) is 51.1 Å². The van der Waals surface area contributed by atoms with Crippen LogP contribution in [-0.4, -0.2) is 39.0 Å². The maximum absolute atomic E-state index is 12.8. The summed E-state index contributed by atoms with van der Waals surface area (Å²) in [7, 11) is 1.79. The van der Waals surface area contributed by atoms with Crippen molar-refractivity contribution in [3.8, 4) is 5.75 Å². The second-order valence-corrected chi connectivity index (χ2v) is 7.14. The fraction of sp³-hybridized carbons (Fsp3) is 0.409. The molecule has 148 valence electrons. The molecule has 0 aliphatic heterocycles. The summed E-state index contributed by atoms with van der Waals surface area (Å²) < 4.78 is 7.90. The molecule has 0 aliphatic rings. The molecule has 1 aromatic carbocycles. The van der Waals surface area contributed by atoms with Crippen LogP contribution in [0.2, 0.25) is 0 Å². The number of hydrogen-bond acceptors (Lipinski definition) is 4. The lowest BCUT2D eigenvalue weighted by Crippen LogP contribution is -2.35. The highest BCUT2D eigenvalue weighted by Crippen LogP contribution is 2.24. The van der Waals surface area contributed by atoms with Crippen molar-refractivity contribution in [3.05, 3.63) is 53.5 Å². The molecule has 1 atom stereocenters. The fourth-order valence-electron chi connectivity index (χ4n) is 3.25. The van der Waals surface area contributed by atoms with E-state index >= 15 is 0 Å². The van der Waals surface area contributed by atoms with Crippen molar-refractivity contribution in [2.24, 2.45) is 0 Å². The number of fused-ring (bicyclic) bond motifs is 1. The molecule has 0 aliphatic carbocycles. The Kier molecular flexibility index (Phi) is 5.97. The molecule has 3 aromatic rings. The van der Waals surface area contributed by atoms with Crippen molar-refractivity contribution in [2.75, 3.05) is 13.7 Å². The van der Waals surface area contributed by atoms with Crippen LogP contribution in [0.25, 0.3) is 11.2 Å². The molecule has 0 saturated carbocycles. The number of ether oxygens (including phenoxy) is 1. The molecule has 0 fully saturated rings. The number of amides is 1. The first-order chi connectivity index (χ1) is 13.4.